The molecule has 0 radical (unpaired) electrons. The first-order valence-corrected chi connectivity index (χ1v) is 6.14. The summed E-state index contributed by atoms with van der Waals surface area (Å²) in [5, 5.41) is 18.2. The zero-order valence-corrected chi connectivity index (χ0v) is 11.0. The molecule has 0 aliphatic heterocycles. The summed E-state index contributed by atoms with van der Waals surface area (Å²) in [6.45, 7) is -0.0422. The van der Waals surface area contributed by atoms with E-state index in [1.807, 2.05) is 0 Å². The first-order chi connectivity index (χ1) is 8.63. The van der Waals surface area contributed by atoms with Crippen LogP contribution in [0.5, 0.6) is 0 Å². The van der Waals surface area contributed by atoms with Crippen LogP contribution in [0.2, 0.25) is 0 Å². The van der Waals surface area contributed by atoms with E-state index in [2.05, 4.69) is 15.9 Å². The maximum Gasteiger partial charge on any atom is 0.336 e. The second-order valence-corrected chi connectivity index (χ2v) is 4.68. The smallest absolute Gasteiger partial charge is 0.336 e. The lowest BCUT2D eigenvalue weighted by molar-refractivity contribution is 0.0697. The monoisotopic (exact) mass is 306 g/mol. The Bertz CT molecular complexity index is 593. The van der Waals surface area contributed by atoms with Crippen LogP contribution in [0, 0.1) is 0 Å². The van der Waals surface area contributed by atoms with Crippen LogP contribution in [0.1, 0.15) is 15.9 Å². The predicted molar refractivity (Wildman–Crippen MR) is 72.5 cm³/mol. The van der Waals surface area contributed by atoms with Crippen LogP contribution >= 0.6 is 15.9 Å². The van der Waals surface area contributed by atoms with Gasteiger partial charge in [0.1, 0.15) is 0 Å². The number of carbonyl (C=O) groups is 1. The Kier molecular flexibility index (Phi) is 3.79. The van der Waals surface area contributed by atoms with Crippen molar-refractivity contribution in [3.63, 3.8) is 0 Å². The second-order valence-electron chi connectivity index (χ2n) is 3.82. The van der Waals surface area contributed by atoms with E-state index >= 15 is 0 Å². The van der Waals surface area contributed by atoms with Crippen molar-refractivity contribution in [3.05, 3.63) is 58.1 Å². The molecule has 0 aliphatic carbocycles. The van der Waals surface area contributed by atoms with Crippen molar-refractivity contribution in [2.45, 2.75) is 6.61 Å². The topological polar surface area (TPSA) is 57.5 Å². The molecule has 18 heavy (non-hydrogen) atoms. The molecule has 2 aromatic rings. The number of halogens is 1. The summed E-state index contributed by atoms with van der Waals surface area (Å²) in [4.78, 5) is 11.2. The SMILES string of the molecule is O=C(O)c1ccccc1-c1ccc(CO)cc1Br. The first kappa shape index (κ1) is 12.8. The molecule has 2 rings (SSSR count). The number of carboxylic acid groups (broad SMARTS) is 1. The van der Waals surface area contributed by atoms with Crippen molar-refractivity contribution in [2.75, 3.05) is 0 Å². The van der Waals surface area contributed by atoms with Crippen LogP contribution < -0.4 is 0 Å². The Morgan fingerprint density at radius 3 is 2.44 bits per heavy atom. The highest BCUT2D eigenvalue weighted by Crippen LogP contribution is 2.31. The lowest BCUT2D eigenvalue weighted by Crippen LogP contribution is -1.99. The highest BCUT2D eigenvalue weighted by atomic mass is 79.9. The number of carboxylic acids is 1. The van der Waals surface area contributed by atoms with Crippen LogP contribution in [0.15, 0.2) is 46.9 Å². The minimum atomic E-state index is -0.955. The zero-order chi connectivity index (χ0) is 13.1. The summed E-state index contributed by atoms with van der Waals surface area (Å²) in [6, 6.07) is 12.2. The first-order valence-electron chi connectivity index (χ1n) is 5.35. The molecule has 4 heteroatoms. The number of benzene rings is 2. The van der Waals surface area contributed by atoms with Crippen molar-refractivity contribution in [1.82, 2.24) is 0 Å². The zero-order valence-electron chi connectivity index (χ0n) is 9.43. The Balaban J connectivity index is 2.59. The van der Waals surface area contributed by atoms with Gasteiger partial charge in [0.05, 0.1) is 12.2 Å². The number of aliphatic hydroxyl groups excluding tert-OH is 1. The third-order valence-electron chi connectivity index (χ3n) is 2.66. The van der Waals surface area contributed by atoms with E-state index in [-0.39, 0.29) is 12.2 Å². The molecule has 0 heterocycles. The fourth-order valence-corrected chi connectivity index (χ4v) is 2.42. The third-order valence-corrected chi connectivity index (χ3v) is 3.32. The van der Waals surface area contributed by atoms with Gasteiger partial charge in [-0.05, 0) is 28.8 Å². The Labute approximate surface area is 113 Å². The normalized spacial score (nSPS) is 10.3. The summed E-state index contributed by atoms with van der Waals surface area (Å²) in [6.07, 6.45) is 0. The molecule has 2 aromatic carbocycles. The highest BCUT2D eigenvalue weighted by Gasteiger charge is 2.13. The van der Waals surface area contributed by atoms with E-state index in [4.69, 9.17) is 10.2 Å². The van der Waals surface area contributed by atoms with Gasteiger partial charge in [0.25, 0.3) is 0 Å². The van der Waals surface area contributed by atoms with E-state index in [0.717, 1.165) is 15.6 Å². The number of hydrogen-bond acceptors (Lipinski definition) is 2. The lowest BCUT2D eigenvalue weighted by atomic mass is 9.99. The maximum absolute atomic E-state index is 11.2. The van der Waals surface area contributed by atoms with E-state index in [0.29, 0.717) is 5.56 Å². The van der Waals surface area contributed by atoms with Crippen molar-refractivity contribution in [1.29, 1.82) is 0 Å². The summed E-state index contributed by atoms with van der Waals surface area (Å²) >= 11 is 3.40. The summed E-state index contributed by atoms with van der Waals surface area (Å²) in [5.74, 6) is -0.955. The van der Waals surface area contributed by atoms with Crippen LogP contribution in [0.3, 0.4) is 0 Å². The van der Waals surface area contributed by atoms with Crippen molar-refractivity contribution >= 4 is 21.9 Å². The van der Waals surface area contributed by atoms with Gasteiger partial charge in [0.15, 0.2) is 0 Å². The Morgan fingerprint density at radius 2 is 1.83 bits per heavy atom. The molecule has 0 aromatic heterocycles. The molecule has 0 spiro atoms. The van der Waals surface area contributed by atoms with E-state index in [1.54, 1.807) is 42.5 Å². The van der Waals surface area contributed by atoms with Crippen molar-refractivity contribution in [3.8, 4) is 11.1 Å². The standard InChI is InChI=1S/C14H11BrO3/c15-13-7-9(8-16)5-6-11(13)10-3-1-2-4-12(10)14(17)18/h1-7,16H,8H2,(H,17,18). The quantitative estimate of drug-likeness (QED) is 0.914. The molecule has 0 saturated heterocycles. The molecular formula is C14H11BrO3. The molecule has 0 bridgehead atoms. The molecule has 0 aliphatic rings. The number of hydrogen-bond donors (Lipinski definition) is 2. The van der Waals surface area contributed by atoms with Gasteiger partial charge in [-0.15, -0.1) is 0 Å². The molecule has 0 fully saturated rings. The van der Waals surface area contributed by atoms with Gasteiger partial charge >= 0.3 is 5.97 Å². The fraction of sp³-hybridized carbons (Fsp3) is 0.0714. The number of aliphatic hydroxyl groups is 1. The molecule has 0 amide bonds. The largest absolute Gasteiger partial charge is 0.478 e. The van der Waals surface area contributed by atoms with Crippen LogP contribution in [0.4, 0.5) is 0 Å². The van der Waals surface area contributed by atoms with Crippen molar-refractivity contribution < 1.29 is 15.0 Å². The average molecular weight is 307 g/mol. The minimum Gasteiger partial charge on any atom is -0.478 e. The van der Waals surface area contributed by atoms with E-state index in [1.165, 1.54) is 0 Å². The highest BCUT2D eigenvalue weighted by molar-refractivity contribution is 9.10. The van der Waals surface area contributed by atoms with Gasteiger partial charge in [-0.25, -0.2) is 4.79 Å². The van der Waals surface area contributed by atoms with Gasteiger partial charge in [-0.3, -0.25) is 0 Å². The number of rotatable bonds is 3. The summed E-state index contributed by atoms with van der Waals surface area (Å²) in [7, 11) is 0. The lowest BCUT2D eigenvalue weighted by Gasteiger charge is -2.09. The number of aromatic carboxylic acids is 1. The molecule has 0 saturated carbocycles. The van der Waals surface area contributed by atoms with E-state index in [9.17, 15) is 4.79 Å². The second kappa shape index (κ2) is 5.33. The van der Waals surface area contributed by atoms with Gasteiger partial charge in [0.2, 0.25) is 0 Å². The third kappa shape index (κ3) is 2.44. The van der Waals surface area contributed by atoms with Crippen LogP contribution in [0.25, 0.3) is 11.1 Å². The maximum atomic E-state index is 11.2. The summed E-state index contributed by atoms with van der Waals surface area (Å²) < 4.78 is 0.766. The molecule has 0 atom stereocenters. The predicted octanol–water partition coefficient (Wildman–Crippen LogP) is 3.31. The van der Waals surface area contributed by atoms with Gasteiger partial charge in [0, 0.05) is 4.47 Å². The van der Waals surface area contributed by atoms with Gasteiger partial charge in [-0.2, -0.15) is 0 Å². The van der Waals surface area contributed by atoms with Crippen LogP contribution in [-0.4, -0.2) is 16.2 Å². The molecule has 3 nitrogen and oxygen atoms in total. The fourth-order valence-electron chi connectivity index (χ4n) is 1.78. The minimum absolute atomic E-state index is 0.0422. The molecule has 2 N–H and O–H groups in total. The summed E-state index contributed by atoms with van der Waals surface area (Å²) in [5.41, 5.74) is 2.49. The molecule has 92 valence electrons. The average Bonchev–Trinajstić information content (AvgIpc) is 2.38. The van der Waals surface area contributed by atoms with Gasteiger partial charge < -0.3 is 10.2 Å². The van der Waals surface area contributed by atoms with E-state index < -0.39 is 5.97 Å². The molecular weight excluding hydrogens is 296 g/mol. The van der Waals surface area contributed by atoms with Crippen molar-refractivity contribution in [2.24, 2.45) is 0 Å². The Morgan fingerprint density at radius 1 is 1.11 bits per heavy atom. The van der Waals surface area contributed by atoms with Gasteiger partial charge in [-0.1, -0.05) is 46.3 Å². The molecule has 0 unspecified atom stereocenters. The van der Waals surface area contributed by atoms with Crippen LogP contribution in [-0.2, 0) is 6.61 Å². The Hall–Kier alpha value is -1.65.